The van der Waals surface area contributed by atoms with E-state index >= 15 is 0 Å². The number of aliphatic hydroxyl groups is 1. The van der Waals surface area contributed by atoms with Crippen molar-refractivity contribution < 1.29 is 9.84 Å². The van der Waals surface area contributed by atoms with Crippen molar-refractivity contribution in [1.29, 1.82) is 5.26 Å². The van der Waals surface area contributed by atoms with E-state index in [0.717, 1.165) is 5.56 Å². The maximum Gasteiger partial charge on any atom is 0.237 e. The highest BCUT2D eigenvalue weighted by Gasteiger charge is 2.06. The zero-order valence-corrected chi connectivity index (χ0v) is 12.1. The smallest absolute Gasteiger partial charge is 0.237 e. The second-order valence-electron chi connectivity index (χ2n) is 4.36. The summed E-state index contributed by atoms with van der Waals surface area (Å²) in [6.45, 7) is -0.0439. The lowest BCUT2D eigenvalue weighted by Crippen LogP contribution is -2.26. The Labute approximate surface area is 129 Å². The van der Waals surface area contributed by atoms with Crippen LogP contribution in [0.2, 0.25) is 0 Å². The SMILES string of the molecule is Cl.N#Cc1cccnc1Oc1ccc(CC(N)CO)cc1. The van der Waals surface area contributed by atoms with Gasteiger partial charge in [-0.05, 0) is 36.2 Å². The van der Waals surface area contributed by atoms with Crippen LogP contribution in [0.3, 0.4) is 0 Å². The van der Waals surface area contributed by atoms with Crippen LogP contribution in [0, 0.1) is 11.3 Å². The van der Waals surface area contributed by atoms with Crippen LogP contribution in [0.1, 0.15) is 11.1 Å². The summed E-state index contributed by atoms with van der Waals surface area (Å²) in [4.78, 5) is 4.03. The number of aromatic nitrogens is 1. The van der Waals surface area contributed by atoms with Crippen LogP contribution >= 0.6 is 12.4 Å². The minimum Gasteiger partial charge on any atom is -0.438 e. The summed E-state index contributed by atoms with van der Waals surface area (Å²) in [6, 6.07) is 12.4. The third kappa shape index (κ3) is 4.72. The van der Waals surface area contributed by atoms with Gasteiger partial charge in [0.1, 0.15) is 17.4 Å². The molecule has 1 aromatic heterocycles. The average molecular weight is 306 g/mol. The molecule has 5 nitrogen and oxygen atoms in total. The minimum absolute atomic E-state index is 0. The molecule has 0 amide bonds. The molecule has 2 rings (SSSR count). The molecule has 0 bridgehead atoms. The molecule has 0 saturated heterocycles. The number of hydrogen-bond acceptors (Lipinski definition) is 5. The maximum atomic E-state index is 8.96. The van der Waals surface area contributed by atoms with Crippen LogP contribution in [0.15, 0.2) is 42.6 Å². The predicted molar refractivity (Wildman–Crippen MR) is 81.5 cm³/mol. The molecule has 1 atom stereocenters. The summed E-state index contributed by atoms with van der Waals surface area (Å²) in [5.74, 6) is 0.885. The van der Waals surface area contributed by atoms with E-state index in [-0.39, 0.29) is 30.9 Å². The molecular weight excluding hydrogens is 290 g/mol. The lowest BCUT2D eigenvalue weighted by Gasteiger charge is -2.09. The zero-order chi connectivity index (χ0) is 14.4. The van der Waals surface area contributed by atoms with Gasteiger partial charge >= 0.3 is 0 Å². The van der Waals surface area contributed by atoms with E-state index < -0.39 is 0 Å². The number of nitriles is 1. The summed E-state index contributed by atoms with van der Waals surface area (Å²) in [6.07, 6.45) is 2.18. The van der Waals surface area contributed by atoms with E-state index in [1.807, 2.05) is 18.2 Å². The van der Waals surface area contributed by atoms with Crippen molar-refractivity contribution in [3.63, 3.8) is 0 Å². The molecule has 0 saturated carbocycles. The standard InChI is InChI=1S/C15H15N3O2.ClH/c16-9-12-2-1-7-18-15(12)20-14-5-3-11(4-6-14)8-13(17)10-19;/h1-7,13,19H,8,10,17H2;1H. The first-order valence-corrected chi connectivity index (χ1v) is 6.21. The normalized spacial score (nSPS) is 11.1. The van der Waals surface area contributed by atoms with Gasteiger partial charge in [0, 0.05) is 12.2 Å². The largest absolute Gasteiger partial charge is 0.438 e. The summed E-state index contributed by atoms with van der Waals surface area (Å²) < 4.78 is 5.57. The predicted octanol–water partition coefficient (Wildman–Crippen LogP) is 2.03. The van der Waals surface area contributed by atoms with Gasteiger partial charge in [-0.3, -0.25) is 0 Å². The first-order valence-electron chi connectivity index (χ1n) is 6.21. The second kappa shape index (κ2) is 8.22. The van der Waals surface area contributed by atoms with E-state index in [1.165, 1.54) is 0 Å². The lowest BCUT2D eigenvalue weighted by molar-refractivity contribution is 0.265. The van der Waals surface area contributed by atoms with Gasteiger partial charge in [0.05, 0.1) is 6.61 Å². The molecule has 21 heavy (non-hydrogen) atoms. The van der Waals surface area contributed by atoms with Gasteiger partial charge in [0.2, 0.25) is 5.88 Å². The number of rotatable bonds is 5. The van der Waals surface area contributed by atoms with Crippen molar-refractivity contribution in [2.24, 2.45) is 5.73 Å². The van der Waals surface area contributed by atoms with Gasteiger partial charge in [-0.25, -0.2) is 4.98 Å². The molecule has 1 unspecified atom stereocenters. The zero-order valence-electron chi connectivity index (χ0n) is 11.3. The number of benzene rings is 1. The van der Waals surface area contributed by atoms with Crippen LogP contribution in [0.5, 0.6) is 11.6 Å². The summed E-state index contributed by atoms with van der Waals surface area (Å²) in [7, 11) is 0. The number of pyridine rings is 1. The molecule has 0 aliphatic heterocycles. The molecule has 0 aliphatic carbocycles. The van der Waals surface area contributed by atoms with E-state index in [4.69, 9.17) is 20.8 Å². The van der Waals surface area contributed by atoms with Crippen molar-refractivity contribution in [1.82, 2.24) is 4.98 Å². The fourth-order valence-electron chi connectivity index (χ4n) is 1.73. The van der Waals surface area contributed by atoms with Crippen molar-refractivity contribution in [2.45, 2.75) is 12.5 Å². The Hall–Kier alpha value is -2.13. The van der Waals surface area contributed by atoms with E-state index in [9.17, 15) is 0 Å². The highest BCUT2D eigenvalue weighted by molar-refractivity contribution is 5.85. The first kappa shape index (κ1) is 16.9. The summed E-state index contributed by atoms with van der Waals surface area (Å²) in [5.41, 5.74) is 7.08. The summed E-state index contributed by atoms with van der Waals surface area (Å²) >= 11 is 0. The Morgan fingerprint density at radius 3 is 2.62 bits per heavy atom. The maximum absolute atomic E-state index is 8.96. The van der Waals surface area contributed by atoms with Gasteiger partial charge in [0.15, 0.2) is 0 Å². The van der Waals surface area contributed by atoms with Crippen molar-refractivity contribution in [3.8, 4) is 17.7 Å². The molecule has 0 fully saturated rings. The Morgan fingerprint density at radius 1 is 1.29 bits per heavy atom. The Balaban J connectivity index is 0.00000220. The number of nitrogens with zero attached hydrogens (tertiary/aromatic N) is 2. The van der Waals surface area contributed by atoms with Gasteiger partial charge < -0.3 is 15.6 Å². The van der Waals surface area contributed by atoms with Crippen LogP contribution in [0.25, 0.3) is 0 Å². The van der Waals surface area contributed by atoms with Crippen LogP contribution < -0.4 is 10.5 Å². The topological polar surface area (TPSA) is 92.2 Å². The molecule has 3 N–H and O–H groups in total. The fraction of sp³-hybridized carbons (Fsp3) is 0.200. The number of halogens is 1. The highest BCUT2D eigenvalue weighted by Crippen LogP contribution is 2.22. The molecule has 0 aliphatic rings. The number of ether oxygens (including phenoxy) is 1. The van der Waals surface area contributed by atoms with Crippen molar-refractivity contribution in [2.75, 3.05) is 6.61 Å². The fourth-order valence-corrected chi connectivity index (χ4v) is 1.73. The monoisotopic (exact) mass is 305 g/mol. The second-order valence-corrected chi connectivity index (χ2v) is 4.36. The van der Waals surface area contributed by atoms with Gasteiger partial charge in [0.25, 0.3) is 0 Å². The average Bonchev–Trinajstić information content (AvgIpc) is 2.49. The van der Waals surface area contributed by atoms with Crippen LogP contribution in [0.4, 0.5) is 0 Å². The Morgan fingerprint density at radius 2 is 2.00 bits per heavy atom. The third-order valence-corrected chi connectivity index (χ3v) is 2.76. The van der Waals surface area contributed by atoms with Gasteiger partial charge in [-0.1, -0.05) is 12.1 Å². The third-order valence-electron chi connectivity index (χ3n) is 2.76. The van der Waals surface area contributed by atoms with E-state index in [1.54, 1.807) is 30.5 Å². The van der Waals surface area contributed by atoms with Crippen LogP contribution in [-0.2, 0) is 6.42 Å². The number of aliphatic hydroxyl groups excluding tert-OH is 1. The minimum atomic E-state index is -0.261. The van der Waals surface area contributed by atoms with Crippen LogP contribution in [-0.4, -0.2) is 22.7 Å². The quantitative estimate of drug-likeness (QED) is 0.881. The molecule has 0 spiro atoms. The number of nitrogens with two attached hydrogens (primary N) is 1. The molecule has 110 valence electrons. The molecule has 6 heteroatoms. The summed E-state index contributed by atoms with van der Waals surface area (Å²) in [5, 5.41) is 17.9. The van der Waals surface area contributed by atoms with E-state index in [0.29, 0.717) is 17.7 Å². The lowest BCUT2D eigenvalue weighted by atomic mass is 10.1. The van der Waals surface area contributed by atoms with Crippen molar-refractivity contribution in [3.05, 3.63) is 53.7 Å². The van der Waals surface area contributed by atoms with Gasteiger partial charge in [-0.15, -0.1) is 12.4 Å². The molecule has 1 heterocycles. The van der Waals surface area contributed by atoms with E-state index in [2.05, 4.69) is 4.98 Å². The number of hydrogen-bond donors (Lipinski definition) is 2. The first-order chi connectivity index (χ1) is 9.72. The highest BCUT2D eigenvalue weighted by atomic mass is 35.5. The molecule has 2 aromatic rings. The molecule has 1 aromatic carbocycles. The molecule has 0 radical (unpaired) electrons. The Kier molecular flexibility index (Phi) is 6.63. The Bertz CT molecular complexity index is 611. The molecular formula is C15H16ClN3O2. The van der Waals surface area contributed by atoms with Crippen molar-refractivity contribution >= 4 is 12.4 Å². The van der Waals surface area contributed by atoms with Gasteiger partial charge in [-0.2, -0.15) is 5.26 Å².